The van der Waals surface area contributed by atoms with Crippen LogP contribution in [-0.4, -0.2) is 73.0 Å². The van der Waals surface area contributed by atoms with Gasteiger partial charge in [0.25, 0.3) is 0 Å². The molecule has 2 unspecified atom stereocenters. The van der Waals surface area contributed by atoms with Crippen molar-refractivity contribution in [2.24, 2.45) is 11.8 Å². The maximum Gasteiger partial charge on any atom is 0.249 e. The van der Waals surface area contributed by atoms with Gasteiger partial charge in [-0.1, -0.05) is 0 Å². The van der Waals surface area contributed by atoms with Gasteiger partial charge in [0.2, 0.25) is 17.7 Å². The fourth-order valence-corrected chi connectivity index (χ4v) is 3.49. The van der Waals surface area contributed by atoms with E-state index in [1.807, 2.05) is 4.90 Å². The summed E-state index contributed by atoms with van der Waals surface area (Å²) in [6.07, 6.45) is 2.38. The van der Waals surface area contributed by atoms with Gasteiger partial charge in [-0.3, -0.25) is 14.4 Å². The molecule has 3 rings (SSSR count). The third kappa shape index (κ3) is 3.65. The molecule has 3 amide bonds. The average Bonchev–Trinajstić information content (AvgIpc) is 3.14. The second-order valence-electron chi connectivity index (χ2n) is 6.81. The van der Waals surface area contributed by atoms with Crippen molar-refractivity contribution in [2.45, 2.75) is 32.3 Å². The van der Waals surface area contributed by atoms with Crippen molar-refractivity contribution in [3.05, 3.63) is 0 Å². The molecule has 3 fully saturated rings. The van der Waals surface area contributed by atoms with E-state index in [0.717, 1.165) is 25.8 Å². The van der Waals surface area contributed by atoms with Crippen LogP contribution in [0.25, 0.3) is 0 Å². The molecule has 0 bridgehead atoms. The molecular weight excluding hydrogens is 298 g/mol. The molecular formula is C16H25N3O4. The molecule has 7 nitrogen and oxygen atoms in total. The molecule has 3 heterocycles. The van der Waals surface area contributed by atoms with Gasteiger partial charge in [-0.2, -0.15) is 0 Å². The minimum atomic E-state index is -0.290. The highest BCUT2D eigenvalue weighted by Gasteiger charge is 2.38. The molecule has 0 spiro atoms. The zero-order valence-electron chi connectivity index (χ0n) is 13.6. The number of carbonyl (C=O) groups is 3. The lowest BCUT2D eigenvalue weighted by atomic mass is 9.98. The molecule has 1 N–H and O–H groups in total. The molecule has 3 aliphatic heterocycles. The number of ether oxygens (including phenoxy) is 1. The van der Waals surface area contributed by atoms with Crippen molar-refractivity contribution >= 4 is 17.7 Å². The Morgan fingerprint density at radius 1 is 1.13 bits per heavy atom. The lowest BCUT2D eigenvalue weighted by Gasteiger charge is -2.39. The molecule has 0 aromatic rings. The highest BCUT2D eigenvalue weighted by atomic mass is 16.5. The molecule has 0 radical (unpaired) electrons. The van der Waals surface area contributed by atoms with Crippen molar-refractivity contribution in [1.82, 2.24) is 15.1 Å². The third-order valence-corrected chi connectivity index (χ3v) is 5.06. The summed E-state index contributed by atoms with van der Waals surface area (Å²) in [5.41, 5.74) is 0. The molecule has 3 aliphatic rings. The molecule has 0 aromatic carbocycles. The summed E-state index contributed by atoms with van der Waals surface area (Å²) in [7, 11) is 0. The lowest BCUT2D eigenvalue weighted by Crippen LogP contribution is -2.55. The Hall–Kier alpha value is -1.63. The minimum absolute atomic E-state index is 0.0247. The predicted octanol–water partition coefficient (Wildman–Crippen LogP) is -0.392. The maximum absolute atomic E-state index is 12.4. The highest BCUT2D eigenvalue weighted by molar-refractivity contribution is 5.84. The predicted molar refractivity (Wildman–Crippen MR) is 82.4 cm³/mol. The van der Waals surface area contributed by atoms with Crippen LogP contribution >= 0.6 is 0 Å². The summed E-state index contributed by atoms with van der Waals surface area (Å²) in [6, 6.07) is 0. The van der Waals surface area contributed by atoms with E-state index in [4.69, 9.17) is 4.74 Å². The van der Waals surface area contributed by atoms with Crippen molar-refractivity contribution < 1.29 is 19.1 Å². The third-order valence-electron chi connectivity index (χ3n) is 5.06. The van der Waals surface area contributed by atoms with E-state index in [9.17, 15) is 14.4 Å². The molecule has 128 valence electrons. The molecule has 0 aromatic heterocycles. The van der Waals surface area contributed by atoms with Crippen molar-refractivity contribution in [3.63, 3.8) is 0 Å². The van der Waals surface area contributed by atoms with E-state index >= 15 is 0 Å². The van der Waals surface area contributed by atoms with Gasteiger partial charge in [-0.05, 0) is 25.2 Å². The van der Waals surface area contributed by atoms with Crippen molar-refractivity contribution in [3.8, 4) is 0 Å². The number of amides is 3. The fraction of sp³-hybridized carbons (Fsp3) is 0.812. The normalized spacial score (nSPS) is 27.9. The van der Waals surface area contributed by atoms with Crippen LogP contribution in [0.1, 0.15) is 26.2 Å². The highest BCUT2D eigenvalue weighted by Crippen LogP contribution is 2.23. The Bertz CT molecular complexity index is 484. The Kier molecular flexibility index (Phi) is 4.84. The Labute approximate surface area is 136 Å². The first kappa shape index (κ1) is 16.2. The number of hydrogen-bond acceptors (Lipinski definition) is 4. The van der Waals surface area contributed by atoms with Gasteiger partial charge in [0.1, 0.15) is 6.10 Å². The Morgan fingerprint density at radius 2 is 1.91 bits per heavy atom. The van der Waals surface area contributed by atoms with Crippen LogP contribution in [0.5, 0.6) is 0 Å². The lowest BCUT2D eigenvalue weighted by molar-refractivity contribution is -0.146. The van der Waals surface area contributed by atoms with Gasteiger partial charge in [0.05, 0.1) is 5.92 Å². The van der Waals surface area contributed by atoms with Crippen LogP contribution in [0.2, 0.25) is 0 Å². The summed E-state index contributed by atoms with van der Waals surface area (Å²) >= 11 is 0. The van der Waals surface area contributed by atoms with Gasteiger partial charge >= 0.3 is 0 Å². The van der Waals surface area contributed by atoms with Crippen LogP contribution in [0.15, 0.2) is 0 Å². The SMILES string of the molecule is CC(=O)N1CC(C(=O)N2CCC(CNC(=O)C3CCCO3)C2)C1. The largest absolute Gasteiger partial charge is 0.368 e. The van der Waals surface area contributed by atoms with E-state index < -0.39 is 0 Å². The summed E-state index contributed by atoms with van der Waals surface area (Å²) in [5, 5.41) is 2.95. The number of nitrogens with zero attached hydrogens (tertiary/aromatic N) is 2. The summed E-state index contributed by atoms with van der Waals surface area (Å²) in [6.45, 7) is 5.34. The maximum atomic E-state index is 12.4. The van der Waals surface area contributed by atoms with Crippen LogP contribution in [-0.2, 0) is 19.1 Å². The second-order valence-corrected chi connectivity index (χ2v) is 6.81. The van der Waals surface area contributed by atoms with Crippen LogP contribution in [0.3, 0.4) is 0 Å². The van der Waals surface area contributed by atoms with Crippen LogP contribution in [0, 0.1) is 11.8 Å². The number of nitrogens with one attached hydrogen (secondary N) is 1. The van der Waals surface area contributed by atoms with E-state index in [0.29, 0.717) is 38.7 Å². The monoisotopic (exact) mass is 323 g/mol. The Morgan fingerprint density at radius 3 is 2.57 bits per heavy atom. The van der Waals surface area contributed by atoms with Crippen LogP contribution in [0.4, 0.5) is 0 Å². The molecule has 2 atom stereocenters. The van der Waals surface area contributed by atoms with E-state index in [1.165, 1.54) is 6.92 Å². The summed E-state index contributed by atoms with van der Waals surface area (Å²) < 4.78 is 5.36. The number of carbonyl (C=O) groups excluding carboxylic acids is 3. The Balaban J connectivity index is 1.37. The van der Waals surface area contributed by atoms with Gasteiger partial charge in [-0.15, -0.1) is 0 Å². The first-order chi connectivity index (χ1) is 11.0. The van der Waals surface area contributed by atoms with Crippen molar-refractivity contribution in [2.75, 3.05) is 39.3 Å². The fourth-order valence-electron chi connectivity index (χ4n) is 3.49. The zero-order valence-corrected chi connectivity index (χ0v) is 13.6. The number of likely N-dealkylation sites (tertiary alicyclic amines) is 2. The van der Waals surface area contributed by atoms with Gasteiger partial charge in [0.15, 0.2) is 0 Å². The van der Waals surface area contributed by atoms with E-state index in [-0.39, 0.29) is 29.7 Å². The molecule has 0 saturated carbocycles. The first-order valence-corrected chi connectivity index (χ1v) is 8.48. The second kappa shape index (κ2) is 6.86. The number of rotatable bonds is 4. The molecule has 0 aliphatic carbocycles. The first-order valence-electron chi connectivity index (χ1n) is 8.48. The quantitative estimate of drug-likeness (QED) is 0.764. The number of hydrogen-bond donors (Lipinski definition) is 1. The summed E-state index contributed by atoms with van der Waals surface area (Å²) in [4.78, 5) is 39.0. The molecule has 7 heteroatoms. The average molecular weight is 323 g/mol. The van der Waals surface area contributed by atoms with Gasteiger partial charge in [0, 0.05) is 46.3 Å². The van der Waals surface area contributed by atoms with Crippen molar-refractivity contribution in [1.29, 1.82) is 0 Å². The zero-order chi connectivity index (χ0) is 16.4. The van der Waals surface area contributed by atoms with Gasteiger partial charge in [-0.25, -0.2) is 0 Å². The minimum Gasteiger partial charge on any atom is -0.368 e. The van der Waals surface area contributed by atoms with Gasteiger partial charge < -0.3 is 19.9 Å². The standard InChI is InChI=1S/C16H25N3O4/c1-11(20)19-9-13(10-19)16(22)18-5-4-12(8-18)7-17-15(21)14-3-2-6-23-14/h12-14H,2-10H2,1H3,(H,17,21). The van der Waals surface area contributed by atoms with Crippen LogP contribution < -0.4 is 5.32 Å². The smallest absolute Gasteiger partial charge is 0.249 e. The summed E-state index contributed by atoms with van der Waals surface area (Å²) in [5.74, 6) is 0.427. The molecule has 3 saturated heterocycles. The van der Waals surface area contributed by atoms with E-state index in [2.05, 4.69) is 5.32 Å². The topological polar surface area (TPSA) is 79.0 Å². The van der Waals surface area contributed by atoms with E-state index in [1.54, 1.807) is 4.90 Å². The molecule has 23 heavy (non-hydrogen) atoms.